The zero-order chi connectivity index (χ0) is 12.2. The van der Waals surface area contributed by atoms with Crippen LogP contribution in [-0.2, 0) is 4.79 Å². The highest BCUT2D eigenvalue weighted by molar-refractivity contribution is 9.10. The third-order valence-electron chi connectivity index (χ3n) is 3.97. The Hall–Kier alpha value is -0.0500. The van der Waals surface area contributed by atoms with E-state index in [-0.39, 0.29) is 0 Å². The molecule has 0 bridgehead atoms. The first kappa shape index (κ1) is 14.0. The van der Waals surface area contributed by atoms with E-state index in [2.05, 4.69) is 22.9 Å². The molecular weight excluding hydrogens is 268 g/mol. The van der Waals surface area contributed by atoms with Crippen molar-refractivity contribution in [2.45, 2.75) is 63.1 Å². The topological polar surface area (TPSA) is 37.3 Å². The van der Waals surface area contributed by atoms with E-state index < -0.39 is 10.3 Å². The molecule has 1 aliphatic rings. The van der Waals surface area contributed by atoms with Crippen LogP contribution < -0.4 is 0 Å². The SMILES string of the molecule is CC(CCC(C)(Br)C(=O)O)C1CCCCC1. The molecule has 0 spiro atoms. The minimum Gasteiger partial charge on any atom is -0.480 e. The van der Waals surface area contributed by atoms with Crippen molar-refractivity contribution in [3.05, 3.63) is 0 Å². The fraction of sp³-hybridized carbons (Fsp3) is 0.923. The molecule has 0 saturated heterocycles. The second-order valence-electron chi connectivity index (χ2n) is 5.42. The van der Waals surface area contributed by atoms with Crippen LogP contribution in [-0.4, -0.2) is 15.4 Å². The predicted molar refractivity (Wildman–Crippen MR) is 69.9 cm³/mol. The monoisotopic (exact) mass is 290 g/mol. The van der Waals surface area contributed by atoms with Crippen molar-refractivity contribution in [3.63, 3.8) is 0 Å². The number of halogens is 1. The summed E-state index contributed by atoms with van der Waals surface area (Å²) < 4.78 is -0.740. The maximum Gasteiger partial charge on any atom is 0.320 e. The van der Waals surface area contributed by atoms with Gasteiger partial charge in [0.25, 0.3) is 0 Å². The van der Waals surface area contributed by atoms with Gasteiger partial charge in [0.2, 0.25) is 0 Å². The van der Waals surface area contributed by atoms with Gasteiger partial charge in [0, 0.05) is 0 Å². The van der Waals surface area contributed by atoms with Gasteiger partial charge in [-0.15, -0.1) is 0 Å². The highest BCUT2D eigenvalue weighted by Gasteiger charge is 2.31. The van der Waals surface area contributed by atoms with Gasteiger partial charge >= 0.3 is 5.97 Å². The summed E-state index contributed by atoms with van der Waals surface area (Å²) in [4.78, 5) is 11.0. The molecule has 0 radical (unpaired) electrons. The summed E-state index contributed by atoms with van der Waals surface area (Å²) in [7, 11) is 0. The molecule has 0 amide bonds. The zero-order valence-electron chi connectivity index (χ0n) is 10.3. The Labute approximate surface area is 107 Å². The average Bonchev–Trinajstić information content (AvgIpc) is 2.27. The summed E-state index contributed by atoms with van der Waals surface area (Å²) in [5.41, 5.74) is 0. The molecule has 0 aliphatic heterocycles. The van der Waals surface area contributed by atoms with Crippen LogP contribution in [0.15, 0.2) is 0 Å². The van der Waals surface area contributed by atoms with Gasteiger partial charge in [-0.2, -0.15) is 0 Å². The van der Waals surface area contributed by atoms with Gasteiger partial charge in [0.15, 0.2) is 0 Å². The Bertz CT molecular complexity index is 232. The maximum absolute atomic E-state index is 11.0. The molecule has 2 unspecified atom stereocenters. The fourth-order valence-electron chi connectivity index (χ4n) is 2.54. The number of hydrogen-bond donors (Lipinski definition) is 1. The smallest absolute Gasteiger partial charge is 0.320 e. The molecule has 0 aromatic heterocycles. The maximum atomic E-state index is 11.0. The van der Waals surface area contributed by atoms with Gasteiger partial charge in [-0.25, -0.2) is 0 Å². The number of alkyl halides is 1. The van der Waals surface area contributed by atoms with Crippen molar-refractivity contribution in [1.29, 1.82) is 0 Å². The highest BCUT2D eigenvalue weighted by Crippen LogP contribution is 2.34. The first-order valence-electron chi connectivity index (χ1n) is 6.36. The molecule has 1 aliphatic carbocycles. The van der Waals surface area contributed by atoms with E-state index in [4.69, 9.17) is 5.11 Å². The molecule has 16 heavy (non-hydrogen) atoms. The number of carboxylic acid groups (broad SMARTS) is 1. The van der Waals surface area contributed by atoms with Gasteiger partial charge < -0.3 is 5.11 Å². The Morgan fingerprint density at radius 2 is 2.00 bits per heavy atom. The third-order valence-corrected chi connectivity index (χ3v) is 4.71. The van der Waals surface area contributed by atoms with E-state index in [1.807, 2.05) is 0 Å². The van der Waals surface area contributed by atoms with Crippen LogP contribution in [0.3, 0.4) is 0 Å². The molecule has 0 aromatic carbocycles. The van der Waals surface area contributed by atoms with Gasteiger partial charge in [0.1, 0.15) is 4.32 Å². The number of hydrogen-bond acceptors (Lipinski definition) is 1. The summed E-state index contributed by atoms with van der Waals surface area (Å²) in [6, 6.07) is 0. The quantitative estimate of drug-likeness (QED) is 0.770. The Morgan fingerprint density at radius 1 is 1.44 bits per heavy atom. The van der Waals surface area contributed by atoms with Crippen molar-refractivity contribution in [2.24, 2.45) is 11.8 Å². The van der Waals surface area contributed by atoms with E-state index in [0.717, 1.165) is 18.8 Å². The molecule has 94 valence electrons. The first-order valence-corrected chi connectivity index (χ1v) is 7.15. The van der Waals surface area contributed by atoms with Gasteiger partial charge in [0.05, 0.1) is 0 Å². The number of aliphatic carboxylic acids is 1. The minimum atomic E-state index is -0.747. The van der Waals surface area contributed by atoms with E-state index in [0.29, 0.717) is 5.92 Å². The summed E-state index contributed by atoms with van der Waals surface area (Å²) >= 11 is 3.30. The second-order valence-corrected chi connectivity index (χ2v) is 7.17. The van der Waals surface area contributed by atoms with Crippen LogP contribution in [0.5, 0.6) is 0 Å². The summed E-state index contributed by atoms with van der Waals surface area (Å²) in [5.74, 6) is 0.741. The van der Waals surface area contributed by atoms with Crippen molar-refractivity contribution in [3.8, 4) is 0 Å². The first-order chi connectivity index (χ1) is 7.43. The highest BCUT2D eigenvalue weighted by atomic mass is 79.9. The summed E-state index contributed by atoms with van der Waals surface area (Å²) in [5, 5.41) is 9.02. The lowest BCUT2D eigenvalue weighted by Crippen LogP contribution is -2.29. The number of carbonyl (C=O) groups is 1. The third kappa shape index (κ3) is 4.08. The van der Waals surface area contributed by atoms with Crippen LogP contribution in [0, 0.1) is 11.8 Å². The lowest BCUT2D eigenvalue weighted by Gasteiger charge is -2.29. The van der Waals surface area contributed by atoms with Crippen molar-refractivity contribution in [1.82, 2.24) is 0 Å². The summed E-state index contributed by atoms with van der Waals surface area (Å²) in [6.45, 7) is 4.03. The van der Waals surface area contributed by atoms with Gasteiger partial charge in [-0.05, 0) is 31.6 Å². The normalized spacial score (nSPS) is 23.7. The van der Waals surface area contributed by atoms with Crippen LogP contribution in [0.1, 0.15) is 58.8 Å². The molecule has 1 rings (SSSR count). The molecule has 2 atom stereocenters. The Kier molecular flexibility index (Phi) is 5.29. The molecule has 1 fully saturated rings. The molecule has 0 heterocycles. The van der Waals surface area contributed by atoms with Gasteiger partial charge in [-0.3, -0.25) is 4.79 Å². The van der Waals surface area contributed by atoms with E-state index >= 15 is 0 Å². The largest absolute Gasteiger partial charge is 0.480 e. The average molecular weight is 291 g/mol. The van der Waals surface area contributed by atoms with Crippen LogP contribution in [0.4, 0.5) is 0 Å². The van der Waals surface area contributed by atoms with Crippen LogP contribution in [0.2, 0.25) is 0 Å². The Morgan fingerprint density at radius 3 is 2.50 bits per heavy atom. The van der Waals surface area contributed by atoms with E-state index in [1.165, 1.54) is 32.1 Å². The van der Waals surface area contributed by atoms with Crippen LogP contribution >= 0.6 is 15.9 Å². The van der Waals surface area contributed by atoms with Crippen molar-refractivity contribution >= 4 is 21.9 Å². The number of carboxylic acids is 1. The summed E-state index contributed by atoms with van der Waals surface area (Å²) in [6.07, 6.45) is 8.52. The fourth-order valence-corrected chi connectivity index (χ4v) is 2.77. The predicted octanol–water partition coefficient (Wildman–Crippen LogP) is 4.22. The van der Waals surface area contributed by atoms with Crippen molar-refractivity contribution < 1.29 is 9.90 Å². The van der Waals surface area contributed by atoms with E-state index in [1.54, 1.807) is 6.92 Å². The number of rotatable bonds is 5. The zero-order valence-corrected chi connectivity index (χ0v) is 11.9. The van der Waals surface area contributed by atoms with Crippen molar-refractivity contribution in [2.75, 3.05) is 0 Å². The molecule has 1 saturated carbocycles. The van der Waals surface area contributed by atoms with Crippen LogP contribution in [0.25, 0.3) is 0 Å². The molecule has 2 nitrogen and oxygen atoms in total. The molecule has 3 heteroatoms. The molecular formula is C13H23BrO2. The molecule has 1 N–H and O–H groups in total. The lowest BCUT2D eigenvalue weighted by molar-refractivity contribution is -0.139. The van der Waals surface area contributed by atoms with Gasteiger partial charge in [-0.1, -0.05) is 55.0 Å². The minimum absolute atomic E-state index is 0.663. The van der Waals surface area contributed by atoms with E-state index in [9.17, 15) is 4.79 Å². The Balaban J connectivity index is 2.33. The second kappa shape index (κ2) is 6.04. The molecule has 0 aromatic rings. The lowest BCUT2D eigenvalue weighted by atomic mass is 9.78. The standard InChI is InChI=1S/C13H23BrO2/c1-10(11-6-4-3-5-7-11)8-9-13(2,14)12(15)16/h10-11H,3-9H2,1-2H3,(H,15,16).